The van der Waals surface area contributed by atoms with Crippen molar-refractivity contribution in [3.8, 4) is 0 Å². The largest absolute Gasteiger partial charge is 0.396 e. The molecule has 0 aliphatic rings. The maximum Gasteiger partial charge on any atom is 0.253 e. The normalized spacial score (nSPS) is 10.2. The molecule has 1 rings (SSSR count). The number of nitrogen functional groups attached to an aromatic ring is 1. The van der Waals surface area contributed by atoms with Crippen LogP contribution in [0.15, 0.2) is 18.2 Å². The van der Waals surface area contributed by atoms with Gasteiger partial charge in [0, 0.05) is 26.1 Å². The molecule has 0 unspecified atom stereocenters. The first-order chi connectivity index (χ1) is 9.51. The number of anilines is 1. The second-order valence-corrected chi connectivity index (χ2v) is 4.27. The van der Waals surface area contributed by atoms with E-state index in [4.69, 9.17) is 5.73 Å². The van der Waals surface area contributed by atoms with E-state index in [2.05, 4.69) is 5.32 Å². The highest BCUT2D eigenvalue weighted by molar-refractivity contribution is 5.99. The van der Waals surface area contributed by atoms with Crippen LogP contribution in [0.2, 0.25) is 0 Å². The Morgan fingerprint density at radius 1 is 1.30 bits per heavy atom. The van der Waals surface area contributed by atoms with Gasteiger partial charge >= 0.3 is 0 Å². The van der Waals surface area contributed by atoms with Gasteiger partial charge in [0.05, 0.1) is 11.3 Å². The minimum atomic E-state index is -0.628. The summed E-state index contributed by atoms with van der Waals surface area (Å²) < 4.78 is 13.2. The first-order valence-corrected chi connectivity index (χ1v) is 6.61. The van der Waals surface area contributed by atoms with Crippen LogP contribution in [-0.2, 0) is 4.79 Å². The Hall–Kier alpha value is -2.11. The van der Waals surface area contributed by atoms with Gasteiger partial charge in [0.25, 0.3) is 5.91 Å². The SMILES string of the molecule is CCN(CC)C(=O)CCNC(=O)c1cccc(F)c1N. The van der Waals surface area contributed by atoms with Gasteiger partial charge in [0.15, 0.2) is 0 Å². The van der Waals surface area contributed by atoms with Gasteiger partial charge < -0.3 is 16.0 Å². The average Bonchev–Trinajstić information content (AvgIpc) is 2.43. The molecule has 20 heavy (non-hydrogen) atoms. The molecule has 5 nitrogen and oxygen atoms in total. The molecular formula is C14H20FN3O2. The molecule has 3 N–H and O–H groups in total. The lowest BCUT2D eigenvalue weighted by Crippen LogP contribution is -2.34. The fourth-order valence-corrected chi connectivity index (χ4v) is 1.85. The van der Waals surface area contributed by atoms with Crippen molar-refractivity contribution in [1.29, 1.82) is 0 Å². The van der Waals surface area contributed by atoms with Crippen molar-refractivity contribution in [3.63, 3.8) is 0 Å². The van der Waals surface area contributed by atoms with Crippen molar-refractivity contribution < 1.29 is 14.0 Å². The zero-order valence-electron chi connectivity index (χ0n) is 11.8. The van der Waals surface area contributed by atoms with Gasteiger partial charge in [-0.05, 0) is 26.0 Å². The fourth-order valence-electron chi connectivity index (χ4n) is 1.85. The average molecular weight is 281 g/mol. The topological polar surface area (TPSA) is 75.4 Å². The van der Waals surface area contributed by atoms with Crippen molar-refractivity contribution in [2.24, 2.45) is 0 Å². The van der Waals surface area contributed by atoms with E-state index >= 15 is 0 Å². The number of nitrogens with two attached hydrogens (primary N) is 1. The molecule has 0 atom stereocenters. The summed E-state index contributed by atoms with van der Waals surface area (Å²) in [5, 5.41) is 2.57. The van der Waals surface area contributed by atoms with Gasteiger partial charge in [-0.3, -0.25) is 9.59 Å². The van der Waals surface area contributed by atoms with Crippen LogP contribution in [0, 0.1) is 5.82 Å². The zero-order chi connectivity index (χ0) is 15.1. The van der Waals surface area contributed by atoms with Crippen molar-refractivity contribution in [2.75, 3.05) is 25.4 Å². The highest BCUT2D eigenvalue weighted by atomic mass is 19.1. The molecule has 0 saturated heterocycles. The Morgan fingerprint density at radius 3 is 2.55 bits per heavy atom. The van der Waals surface area contributed by atoms with Crippen LogP contribution in [0.3, 0.4) is 0 Å². The van der Waals surface area contributed by atoms with E-state index in [1.807, 2.05) is 13.8 Å². The van der Waals surface area contributed by atoms with Crippen LogP contribution in [0.1, 0.15) is 30.6 Å². The number of carbonyl (C=O) groups is 2. The first kappa shape index (κ1) is 15.9. The molecule has 110 valence electrons. The maximum absolute atomic E-state index is 13.2. The number of hydrogen-bond acceptors (Lipinski definition) is 3. The van der Waals surface area contributed by atoms with Crippen LogP contribution >= 0.6 is 0 Å². The number of hydrogen-bond donors (Lipinski definition) is 2. The molecular weight excluding hydrogens is 261 g/mol. The summed E-state index contributed by atoms with van der Waals surface area (Å²) in [6, 6.07) is 4.05. The van der Waals surface area contributed by atoms with E-state index < -0.39 is 11.7 Å². The van der Waals surface area contributed by atoms with Crippen molar-refractivity contribution in [1.82, 2.24) is 10.2 Å². The lowest BCUT2D eigenvalue weighted by Gasteiger charge is -2.18. The van der Waals surface area contributed by atoms with Crippen LogP contribution in [0.5, 0.6) is 0 Å². The third-order valence-electron chi connectivity index (χ3n) is 3.04. The number of nitrogens with zero attached hydrogens (tertiary/aromatic N) is 1. The quantitative estimate of drug-likeness (QED) is 0.774. The number of amides is 2. The van der Waals surface area contributed by atoms with Gasteiger partial charge in [-0.1, -0.05) is 6.07 Å². The minimum Gasteiger partial charge on any atom is -0.396 e. The number of carbonyl (C=O) groups excluding carboxylic acids is 2. The smallest absolute Gasteiger partial charge is 0.253 e. The summed E-state index contributed by atoms with van der Waals surface area (Å²) >= 11 is 0. The summed E-state index contributed by atoms with van der Waals surface area (Å²) in [4.78, 5) is 25.2. The predicted octanol–water partition coefficient (Wildman–Crippen LogP) is 1.40. The molecule has 0 aliphatic carbocycles. The molecule has 2 amide bonds. The standard InChI is InChI=1S/C14H20FN3O2/c1-3-18(4-2)12(19)8-9-17-14(20)10-6-5-7-11(15)13(10)16/h5-7H,3-4,8-9,16H2,1-2H3,(H,17,20). The van der Waals surface area contributed by atoms with Crippen LogP contribution in [0.4, 0.5) is 10.1 Å². The Morgan fingerprint density at radius 2 is 1.95 bits per heavy atom. The summed E-state index contributed by atoms with van der Waals surface area (Å²) in [5.74, 6) is -1.13. The summed E-state index contributed by atoms with van der Waals surface area (Å²) in [6.07, 6.45) is 0.211. The second-order valence-electron chi connectivity index (χ2n) is 4.27. The minimum absolute atomic E-state index is 0.0254. The maximum atomic E-state index is 13.2. The predicted molar refractivity (Wildman–Crippen MR) is 75.7 cm³/mol. The van der Waals surface area contributed by atoms with E-state index in [-0.39, 0.29) is 30.1 Å². The summed E-state index contributed by atoms with van der Waals surface area (Å²) in [6.45, 7) is 5.27. The van der Waals surface area contributed by atoms with Crippen molar-refractivity contribution >= 4 is 17.5 Å². The molecule has 0 saturated carbocycles. The highest BCUT2D eigenvalue weighted by Gasteiger charge is 2.13. The van der Waals surface area contributed by atoms with Gasteiger partial charge in [-0.2, -0.15) is 0 Å². The van der Waals surface area contributed by atoms with Gasteiger partial charge in [0.1, 0.15) is 5.82 Å². The van der Waals surface area contributed by atoms with Gasteiger partial charge in [-0.15, -0.1) is 0 Å². The number of halogens is 1. The van der Waals surface area contributed by atoms with Gasteiger partial charge in [-0.25, -0.2) is 4.39 Å². The molecule has 0 aromatic heterocycles. The molecule has 0 bridgehead atoms. The zero-order valence-corrected chi connectivity index (χ0v) is 11.8. The lowest BCUT2D eigenvalue weighted by atomic mass is 10.1. The Bertz CT molecular complexity index is 487. The van der Waals surface area contributed by atoms with Gasteiger partial charge in [0.2, 0.25) is 5.91 Å². The molecule has 0 radical (unpaired) electrons. The molecule has 0 fully saturated rings. The Balaban J connectivity index is 2.52. The van der Waals surface area contributed by atoms with Crippen LogP contribution < -0.4 is 11.1 Å². The van der Waals surface area contributed by atoms with Crippen LogP contribution in [0.25, 0.3) is 0 Å². The van der Waals surface area contributed by atoms with E-state index in [0.717, 1.165) is 0 Å². The van der Waals surface area contributed by atoms with Crippen molar-refractivity contribution in [3.05, 3.63) is 29.6 Å². The highest BCUT2D eigenvalue weighted by Crippen LogP contribution is 2.15. The van der Waals surface area contributed by atoms with Crippen LogP contribution in [-0.4, -0.2) is 36.3 Å². The Labute approximate surface area is 117 Å². The Kier molecular flexibility index (Phi) is 5.96. The molecule has 6 heteroatoms. The molecule has 1 aromatic rings. The molecule has 0 spiro atoms. The summed E-state index contributed by atoms with van der Waals surface area (Å²) in [7, 11) is 0. The molecule has 0 aliphatic heterocycles. The number of para-hydroxylation sites is 1. The third kappa shape index (κ3) is 3.94. The second kappa shape index (κ2) is 7.47. The van der Waals surface area contributed by atoms with Crippen molar-refractivity contribution in [2.45, 2.75) is 20.3 Å². The number of rotatable bonds is 6. The summed E-state index contributed by atoms with van der Waals surface area (Å²) in [5.41, 5.74) is 5.40. The number of benzene rings is 1. The molecule has 1 aromatic carbocycles. The van der Waals surface area contributed by atoms with E-state index in [9.17, 15) is 14.0 Å². The van der Waals surface area contributed by atoms with E-state index in [1.165, 1.54) is 18.2 Å². The van der Waals surface area contributed by atoms with E-state index in [0.29, 0.717) is 13.1 Å². The molecule has 0 heterocycles. The fraction of sp³-hybridized carbons (Fsp3) is 0.429. The lowest BCUT2D eigenvalue weighted by molar-refractivity contribution is -0.130. The third-order valence-corrected chi connectivity index (χ3v) is 3.04. The van der Waals surface area contributed by atoms with E-state index in [1.54, 1.807) is 4.90 Å². The first-order valence-electron chi connectivity index (χ1n) is 6.61. The number of nitrogens with one attached hydrogen (secondary N) is 1. The monoisotopic (exact) mass is 281 g/mol.